The second-order valence-electron chi connectivity index (χ2n) is 7.76. The topological polar surface area (TPSA) is 56.7 Å². The Labute approximate surface area is 152 Å². The molecule has 0 unspecified atom stereocenters. The van der Waals surface area contributed by atoms with Gasteiger partial charge in [-0.15, -0.1) is 0 Å². The van der Waals surface area contributed by atoms with Crippen molar-refractivity contribution in [2.24, 2.45) is 4.99 Å². The number of rotatable bonds is 5. The first-order valence-corrected chi connectivity index (χ1v) is 8.83. The van der Waals surface area contributed by atoms with Gasteiger partial charge in [0.25, 0.3) is 0 Å². The predicted molar refractivity (Wildman–Crippen MR) is 106 cm³/mol. The highest BCUT2D eigenvalue weighted by atomic mass is 16.2. The average Bonchev–Trinajstić information content (AvgIpc) is 2.43. The zero-order chi connectivity index (χ0) is 19.2. The molecule has 140 valence electrons. The maximum Gasteiger partial charge on any atom is 0.240 e. The molecule has 0 fully saturated rings. The molecule has 25 heavy (non-hydrogen) atoms. The molecule has 5 nitrogen and oxygen atoms in total. The van der Waals surface area contributed by atoms with Crippen molar-refractivity contribution in [1.82, 2.24) is 15.5 Å². The van der Waals surface area contributed by atoms with Gasteiger partial charge in [0.2, 0.25) is 5.91 Å². The molecule has 0 saturated carbocycles. The molecular formula is C20H34N4O. The van der Waals surface area contributed by atoms with Gasteiger partial charge in [-0.2, -0.15) is 0 Å². The monoisotopic (exact) mass is 346 g/mol. The SMILES string of the molecule is CN=C(NCCc1c(C)cc(C)cc1C)N(C)CC(=O)NC(C)(C)C. The van der Waals surface area contributed by atoms with Crippen LogP contribution in [0.15, 0.2) is 17.1 Å². The summed E-state index contributed by atoms with van der Waals surface area (Å²) in [5, 5.41) is 6.32. The van der Waals surface area contributed by atoms with E-state index >= 15 is 0 Å². The maximum atomic E-state index is 12.1. The van der Waals surface area contributed by atoms with E-state index in [1.54, 1.807) is 7.05 Å². The molecule has 0 aliphatic rings. The Balaban J connectivity index is 2.59. The summed E-state index contributed by atoms with van der Waals surface area (Å²) in [7, 11) is 3.61. The number of nitrogens with zero attached hydrogens (tertiary/aromatic N) is 2. The Kier molecular flexibility index (Phi) is 7.46. The summed E-state index contributed by atoms with van der Waals surface area (Å²) in [6, 6.07) is 4.44. The molecule has 0 saturated heterocycles. The molecular weight excluding hydrogens is 312 g/mol. The molecule has 0 heterocycles. The van der Waals surface area contributed by atoms with E-state index in [0.29, 0.717) is 0 Å². The number of amides is 1. The lowest BCUT2D eigenvalue weighted by molar-refractivity contribution is -0.122. The summed E-state index contributed by atoms with van der Waals surface area (Å²) < 4.78 is 0. The van der Waals surface area contributed by atoms with E-state index in [1.165, 1.54) is 22.3 Å². The molecule has 0 radical (unpaired) electrons. The van der Waals surface area contributed by atoms with Crippen LogP contribution in [0.25, 0.3) is 0 Å². The second kappa shape index (κ2) is 8.88. The third kappa shape index (κ3) is 7.16. The number of carbonyl (C=O) groups is 1. The van der Waals surface area contributed by atoms with E-state index in [2.05, 4.69) is 48.5 Å². The summed E-state index contributed by atoms with van der Waals surface area (Å²) in [5.74, 6) is 0.717. The highest BCUT2D eigenvalue weighted by Crippen LogP contribution is 2.16. The summed E-state index contributed by atoms with van der Waals surface area (Å²) in [5.41, 5.74) is 5.10. The van der Waals surface area contributed by atoms with E-state index < -0.39 is 0 Å². The Morgan fingerprint density at radius 1 is 1.16 bits per heavy atom. The molecule has 5 heteroatoms. The lowest BCUT2D eigenvalue weighted by Gasteiger charge is -2.25. The van der Waals surface area contributed by atoms with Crippen molar-refractivity contribution in [3.8, 4) is 0 Å². The van der Waals surface area contributed by atoms with E-state index in [1.807, 2.05) is 32.7 Å². The minimum Gasteiger partial charge on any atom is -0.356 e. The fourth-order valence-corrected chi connectivity index (χ4v) is 3.04. The number of aryl methyl sites for hydroxylation is 3. The number of carbonyl (C=O) groups excluding carboxylic acids is 1. The number of guanidine groups is 1. The predicted octanol–water partition coefficient (Wildman–Crippen LogP) is 2.58. The molecule has 1 aromatic carbocycles. The van der Waals surface area contributed by atoms with E-state index in [4.69, 9.17) is 0 Å². The summed E-state index contributed by atoms with van der Waals surface area (Å²) in [6.07, 6.45) is 0.930. The van der Waals surface area contributed by atoms with Crippen LogP contribution in [-0.2, 0) is 11.2 Å². The van der Waals surface area contributed by atoms with Crippen LogP contribution in [0.2, 0.25) is 0 Å². The third-order valence-electron chi connectivity index (χ3n) is 3.97. The molecule has 1 rings (SSSR count). The van der Waals surface area contributed by atoms with Crippen molar-refractivity contribution in [3.05, 3.63) is 34.4 Å². The zero-order valence-electron chi connectivity index (χ0n) is 17.1. The Morgan fingerprint density at radius 3 is 2.20 bits per heavy atom. The first-order chi connectivity index (χ1) is 11.5. The molecule has 0 aliphatic heterocycles. The van der Waals surface area contributed by atoms with E-state index in [-0.39, 0.29) is 18.0 Å². The van der Waals surface area contributed by atoms with Crippen LogP contribution in [-0.4, -0.2) is 49.5 Å². The number of hydrogen-bond acceptors (Lipinski definition) is 2. The third-order valence-corrected chi connectivity index (χ3v) is 3.97. The summed E-state index contributed by atoms with van der Waals surface area (Å²) >= 11 is 0. The average molecular weight is 347 g/mol. The largest absolute Gasteiger partial charge is 0.356 e. The maximum absolute atomic E-state index is 12.1. The van der Waals surface area contributed by atoms with Crippen LogP contribution in [0.3, 0.4) is 0 Å². The molecule has 0 spiro atoms. The van der Waals surface area contributed by atoms with Crippen molar-refractivity contribution in [2.75, 3.05) is 27.2 Å². The molecule has 0 atom stereocenters. The molecule has 2 N–H and O–H groups in total. The summed E-state index contributed by atoms with van der Waals surface area (Å²) in [6.45, 7) is 13.4. The quantitative estimate of drug-likeness (QED) is 0.636. The number of aliphatic imine (C=N–C) groups is 1. The fraction of sp³-hybridized carbons (Fsp3) is 0.600. The number of hydrogen-bond donors (Lipinski definition) is 2. The lowest BCUT2D eigenvalue weighted by Crippen LogP contribution is -2.49. The minimum atomic E-state index is -0.227. The van der Waals surface area contributed by atoms with Crippen LogP contribution >= 0.6 is 0 Å². The molecule has 0 aliphatic carbocycles. The van der Waals surface area contributed by atoms with Crippen LogP contribution in [0.5, 0.6) is 0 Å². The Hall–Kier alpha value is -2.04. The van der Waals surface area contributed by atoms with Gasteiger partial charge >= 0.3 is 0 Å². The number of nitrogens with one attached hydrogen (secondary N) is 2. The van der Waals surface area contributed by atoms with Gasteiger partial charge in [-0.05, 0) is 64.7 Å². The van der Waals surface area contributed by atoms with Crippen molar-refractivity contribution < 1.29 is 4.79 Å². The molecule has 1 amide bonds. The van der Waals surface area contributed by atoms with Crippen LogP contribution in [0.1, 0.15) is 43.0 Å². The van der Waals surface area contributed by atoms with Crippen LogP contribution in [0, 0.1) is 20.8 Å². The van der Waals surface area contributed by atoms with Crippen molar-refractivity contribution >= 4 is 11.9 Å². The van der Waals surface area contributed by atoms with Crippen LogP contribution < -0.4 is 10.6 Å². The fourth-order valence-electron chi connectivity index (χ4n) is 3.04. The normalized spacial score (nSPS) is 12.1. The van der Waals surface area contributed by atoms with E-state index in [0.717, 1.165) is 18.9 Å². The smallest absolute Gasteiger partial charge is 0.240 e. The number of benzene rings is 1. The van der Waals surface area contributed by atoms with Crippen LogP contribution in [0.4, 0.5) is 0 Å². The van der Waals surface area contributed by atoms with Gasteiger partial charge in [0.15, 0.2) is 5.96 Å². The minimum absolute atomic E-state index is 0.0110. The standard InChI is InChI=1S/C20H34N4O/c1-14-11-15(2)17(16(3)12-14)9-10-22-19(21-7)24(8)13-18(25)23-20(4,5)6/h11-12H,9-10,13H2,1-8H3,(H,21,22)(H,23,25). The Bertz CT molecular complexity index is 606. The van der Waals surface area contributed by atoms with Gasteiger partial charge in [0.05, 0.1) is 6.54 Å². The van der Waals surface area contributed by atoms with Gasteiger partial charge in [0, 0.05) is 26.2 Å². The van der Waals surface area contributed by atoms with Gasteiger partial charge < -0.3 is 15.5 Å². The highest BCUT2D eigenvalue weighted by Gasteiger charge is 2.16. The molecule has 0 aromatic heterocycles. The van der Waals surface area contributed by atoms with Crippen molar-refractivity contribution in [2.45, 2.75) is 53.5 Å². The molecule has 1 aromatic rings. The zero-order valence-corrected chi connectivity index (χ0v) is 17.1. The highest BCUT2D eigenvalue weighted by molar-refractivity contribution is 5.86. The van der Waals surface area contributed by atoms with Crippen molar-refractivity contribution in [1.29, 1.82) is 0 Å². The summed E-state index contributed by atoms with van der Waals surface area (Å²) in [4.78, 5) is 18.2. The van der Waals surface area contributed by atoms with Gasteiger partial charge in [-0.25, -0.2) is 0 Å². The van der Waals surface area contributed by atoms with Crippen molar-refractivity contribution in [3.63, 3.8) is 0 Å². The van der Waals surface area contributed by atoms with Gasteiger partial charge in [0.1, 0.15) is 0 Å². The lowest BCUT2D eigenvalue weighted by atomic mass is 9.97. The Morgan fingerprint density at radius 2 is 1.72 bits per heavy atom. The number of likely N-dealkylation sites (N-methyl/N-ethyl adjacent to an activating group) is 1. The molecule has 0 bridgehead atoms. The van der Waals surface area contributed by atoms with E-state index in [9.17, 15) is 4.79 Å². The first-order valence-electron chi connectivity index (χ1n) is 8.83. The first kappa shape index (κ1) is 21.0. The van der Waals surface area contributed by atoms with Gasteiger partial charge in [-0.3, -0.25) is 9.79 Å². The van der Waals surface area contributed by atoms with Gasteiger partial charge in [-0.1, -0.05) is 17.7 Å². The second-order valence-corrected chi connectivity index (χ2v) is 7.76.